The van der Waals surface area contributed by atoms with Gasteiger partial charge in [0.15, 0.2) is 0 Å². The van der Waals surface area contributed by atoms with Gasteiger partial charge >= 0.3 is 0 Å². The lowest BCUT2D eigenvalue weighted by atomic mass is 10.1. The van der Waals surface area contributed by atoms with E-state index in [0.717, 1.165) is 0 Å². The molecule has 1 amide bonds. The van der Waals surface area contributed by atoms with E-state index in [0.29, 0.717) is 57.3 Å². The molecule has 190 valence electrons. The van der Waals surface area contributed by atoms with Crippen LogP contribution in [-0.2, 0) is 17.9 Å². The van der Waals surface area contributed by atoms with Crippen molar-refractivity contribution in [3.8, 4) is 11.3 Å². The standard InChI is InChI=1S/C26H20Cl3F2N5O/c27-18-7-3-15(11-20(18)29)23(32)26(37)35-9-10-36-22(13-35)34-24(14-1-4-16(30)5-2-14)25(36)33-17-6-8-19(28)21(31)12-17/h1-8,11-12,23,33H,9-10,13,32H2. The minimum Gasteiger partial charge on any atom is -0.340 e. The Bertz CT molecular complexity index is 1490. The Morgan fingerprint density at radius 3 is 2.38 bits per heavy atom. The van der Waals surface area contributed by atoms with Crippen LogP contribution in [0.2, 0.25) is 15.1 Å². The molecule has 2 heterocycles. The molecule has 0 saturated heterocycles. The van der Waals surface area contributed by atoms with Crippen LogP contribution in [0.3, 0.4) is 0 Å². The Hall–Kier alpha value is -3.17. The molecule has 3 aromatic carbocycles. The third kappa shape index (κ3) is 5.15. The van der Waals surface area contributed by atoms with E-state index in [4.69, 9.17) is 45.5 Å². The topological polar surface area (TPSA) is 76.2 Å². The molecule has 1 atom stereocenters. The highest BCUT2D eigenvalue weighted by Gasteiger charge is 2.30. The normalized spacial score (nSPS) is 13.8. The maximum atomic E-state index is 14.1. The molecule has 4 aromatic rings. The van der Waals surface area contributed by atoms with Crippen LogP contribution < -0.4 is 11.1 Å². The van der Waals surface area contributed by atoms with Gasteiger partial charge in [0, 0.05) is 24.3 Å². The molecule has 0 aliphatic carbocycles. The van der Waals surface area contributed by atoms with Crippen molar-refractivity contribution in [3.63, 3.8) is 0 Å². The van der Waals surface area contributed by atoms with Gasteiger partial charge in [-0.25, -0.2) is 13.8 Å². The van der Waals surface area contributed by atoms with Crippen molar-refractivity contribution in [2.75, 3.05) is 11.9 Å². The molecule has 0 fully saturated rings. The molecular weight excluding hydrogens is 543 g/mol. The van der Waals surface area contributed by atoms with E-state index in [1.807, 2.05) is 4.57 Å². The van der Waals surface area contributed by atoms with E-state index in [1.165, 1.54) is 24.3 Å². The summed E-state index contributed by atoms with van der Waals surface area (Å²) in [6, 6.07) is 14.2. The summed E-state index contributed by atoms with van der Waals surface area (Å²) >= 11 is 17.9. The summed E-state index contributed by atoms with van der Waals surface area (Å²) in [6.45, 7) is 0.963. The number of nitrogens with one attached hydrogen (secondary N) is 1. The highest BCUT2D eigenvalue weighted by Crippen LogP contribution is 2.34. The maximum Gasteiger partial charge on any atom is 0.244 e. The Balaban J connectivity index is 1.47. The maximum absolute atomic E-state index is 14.1. The van der Waals surface area contributed by atoms with Gasteiger partial charge in [-0.2, -0.15) is 0 Å². The van der Waals surface area contributed by atoms with Gasteiger partial charge in [0.25, 0.3) is 0 Å². The molecule has 0 radical (unpaired) electrons. The average Bonchev–Trinajstić information content (AvgIpc) is 3.24. The molecule has 6 nitrogen and oxygen atoms in total. The van der Waals surface area contributed by atoms with Crippen LogP contribution in [0, 0.1) is 11.6 Å². The van der Waals surface area contributed by atoms with Gasteiger partial charge in [-0.1, -0.05) is 40.9 Å². The molecule has 1 unspecified atom stereocenters. The number of hydrogen-bond donors (Lipinski definition) is 2. The lowest BCUT2D eigenvalue weighted by Crippen LogP contribution is -2.43. The number of halogens is 5. The number of anilines is 2. The summed E-state index contributed by atoms with van der Waals surface area (Å²) in [5.41, 5.74) is 8.47. The zero-order valence-corrected chi connectivity index (χ0v) is 21.5. The van der Waals surface area contributed by atoms with Crippen molar-refractivity contribution in [1.29, 1.82) is 0 Å². The van der Waals surface area contributed by atoms with Crippen LogP contribution >= 0.6 is 34.8 Å². The van der Waals surface area contributed by atoms with Crippen molar-refractivity contribution in [3.05, 3.63) is 98.8 Å². The predicted octanol–water partition coefficient (Wildman–Crippen LogP) is 6.57. The fourth-order valence-electron chi connectivity index (χ4n) is 4.21. The average molecular weight is 563 g/mol. The number of benzene rings is 3. The number of aromatic nitrogens is 2. The fourth-order valence-corrected chi connectivity index (χ4v) is 4.63. The number of imidazole rings is 1. The van der Waals surface area contributed by atoms with Crippen LogP contribution in [0.1, 0.15) is 17.4 Å². The minimum absolute atomic E-state index is 0.00656. The molecule has 3 N–H and O–H groups in total. The van der Waals surface area contributed by atoms with Crippen molar-refractivity contribution in [1.82, 2.24) is 14.5 Å². The SMILES string of the molecule is NC(C(=O)N1CCn2c(nc(-c3ccc(F)cc3)c2Nc2ccc(Cl)c(F)c2)C1)c1ccc(Cl)c(Cl)c1. The minimum atomic E-state index is -0.928. The smallest absolute Gasteiger partial charge is 0.244 e. The summed E-state index contributed by atoms with van der Waals surface area (Å²) in [5.74, 6) is -0.0526. The van der Waals surface area contributed by atoms with Crippen LogP contribution in [0.15, 0.2) is 60.7 Å². The molecule has 5 rings (SSSR count). The van der Waals surface area contributed by atoms with Crippen LogP contribution in [0.4, 0.5) is 20.3 Å². The van der Waals surface area contributed by atoms with Gasteiger partial charge in [-0.05, 0) is 60.2 Å². The number of nitrogens with two attached hydrogens (primary N) is 1. The van der Waals surface area contributed by atoms with Crippen molar-refractivity contribution < 1.29 is 13.6 Å². The van der Waals surface area contributed by atoms with Crippen molar-refractivity contribution in [2.45, 2.75) is 19.1 Å². The van der Waals surface area contributed by atoms with Gasteiger partial charge < -0.3 is 20.5 Å². The first-order valence-electron chi connectivity index (χ1n) is 11.3. The van der Waals surface area contributed by atoms with Gasteiger partial charge in [0.05, 0.1) is 21.6 Å². The Kier molecular flexibility index (Phi) is 7.09. The molecule has 0 spiro atoms. The fraction of sp³-hybridized carbons (Fsp3) is 0.154. The molecule has 0 saturated carbocycles. The first-order chi connectivity index (χ1) is 17.7. The van der Waals surface area contributed by atoms with E-state index < -0.39 is 11.9 Å². The summed E-state index contributed by atoms with van der Waals surface area (Å²) in [4.78, 5) is 19.6. The van der Waals surface area contributed by atoms with Gasteiger partial charge in [0.1, 0.15) is 35.0 Å². The molecule has 11 heteroatoms. The third-order valence-corrected chi connectivity index (χ3v) is 7.20. The van der Waals surface area contributed by atoms with Gasteiger partial charge in [-0.15, -0.1) is 0 Å². The van der Waals surface area contributed by atoms with E-state index in [1.54, 1.807) is 41.3 Å². The Morgan fingerprint density at radius 2 is 1.68 bits per heavy atom. The van der Waals surface area contributed by atoms with Crippen molar-refractivity contribution in [2.24, 2.45) is 5.73 Å². The molecule has 37 heavy (non-hydrogen) atoms. The highest BCUT2D eigenvalue weighted by molar-refractivity contribution is 6.42. The molecule has 1 aliphatic rings. The van der Waals surface area contributed by atoms with Crippen LogP contribution in [0.5, 0.6) is 0 Å². The number of hydrogen-bond acceptors (Lipinski definition) is 4. The largest absolute Gasteiger partial charge is 0.340 e. The Morgan fingerprint density at radius 1 is 0.946 bits per heavy atom. The zero-order chi connectivity index (χ0) is 26.3. The lowest BCUT2D eigenvalue weighted by Gasteiger charge is -2.30. The van der Waals surface area contributed by atoms with Crippen molar-refractivity contribution >= 4 is 52.2 Å². The highest BCUT2D eigenvalue weighted by atomic mass is 35.5. The third-order valence-electron chi connectivity index (χ3n) is 6.15. The van der Waals surface area contributed by atoms with E-state index in [2.05, 4.69) is 5.32 Å². The summed E-state index contributed by atoms with van der Waals surface area (Å²) in [7, 11) is 0. The molecule has 1 aliphatic heterocycles. The van der Waals surface area contributed by atoms with Crippen LogP contribution in [-0.4, -0.2) is 26.9 Å². The predicted molar refractivity (Wildman–Crippen MR) is 141 cm³/mol. The lowest BCUT2D eigenvalue weighted by molar-refractivity contribution is -0.134. The summed E-state index contributed by atoms with van der Waals surface area (Å²) in [5, 5.41) is 3.91. The first kappa shape index (κ1) is 25.5. The second-order valence-corrected chi connectivity index (χ2v) is 9.77. The number of nitrogens with zero attached hydrogens (tertiary/aromatic N) is 3. The number of carbonyl (C=O) groups excluding carboxylic acids is 1. The van der Waals surface area contributed by atoms with Gasteiger partial charge in [0.2, 0.25) is 5.91 Å². The van der Waals surface area contributed by atoms with Crippen LogP contribution in [0.25, 0.3) is 11.3 Å². The van der Waals surface area contributed by atoms with E-state index >= 15 is 0 Å². The number of rotatable bonds is 5. The summed E-state index contributed by atoms with van der Waals surface area (Å²) < 4.78 is 29.6. The monoisotopic (exact) mass is 561 g/mol. The number of carbonyl (C=O) groups is 1. The number of amides is 1. The second kappa shape index (κ2) is 10.3. The first-order valence-corrected chi connectivity index (χ1v) is 12.4. The van der Waals surface area contributed by atoms with E-state index in [9.17, 15) is 13.6 Å². The molecular formula is C26H20Cl3F2N5O. The molecule has 1 aromatic heterocycles. The van der Waals surface area contributed by atoms with Gasteiger partial charge in [-0.3, -0.25) is 4.79 Å². The quantitative estimate of drug-likeness (QED) is 0.288. The number of fused-ring (bicyclic) bond motifs is 1. The van der Waals surface area contributed by atoms with E-state index in [-0.39, 0.29) is 23.3 Å². The summed E-state index contributed by atoms with van der Waals surface area (Å²) in [6.07, 6.45) is 0. The second-order valence-electron chi connectivity index (χ2n) is 8.55. The Labute approximate surface area is 226 Å². The zero-order valence-electron chi connectivity index (χ0n) is 19.2. The molecule has 0 bridgehead atoms.